The Morgan fingerprint density at radius 2 is 1.90 bits per heavy atom. The maximum atomic E-state index is 12.3. The Kier molecular flexibility index (Phi) is 7.81. The van der Waals surface area contributed by atoms with Gasteiger partial charge >= 0.3 is 11.8 Å². The highest BCUT2D eigenvalue weighted by Crippen LogP contribution is 2.33. The van der Waals surface area contributed by atoms with Gasteiger partial charge in [0.25, 0.3) is 0 Å². The number of aryl methyl sites for hydroxylation is 1. The highest BCUT2D eigenvalue weighted by Gasteiger charge is 2.26. The summed E-state index contributed by atoms with van der Waals surface area (Å²) in [5.74, 6) is -1.23. The lowest BCUT2D eigenvalue weighted by molar-refractivity contribution is -0.133. The molecule has 0 aliphatic heterocycles. The van der Waals surface area contributed by atoms with Crippen molar-refractivity contribution in [3.8, 4) is 5.75 Å². The molecule has 0 aliphatic rings. The van der Waals surface area contributed by atoms with E-state index in [0.717, 1.165) is 23.2 Å². The van der Waals surface area contributed by atoms with Gasteiger partial charge < -0.3 is 15.8 Å². The summed E-state index contributed by atoms with van der Waals surface area (Å²) in [6.45, 7) is 6.31. The Morgan fingerprint density at radius 1 is 1.27 bits per heavy atom. The van der Waals surface area contributed by atoms with Crippen molar-refractivity contribution in [3.63, 3.8) is 0 Å². The average Bonchev–Trinajstić information content (AvgIpc) is 3.00. The third-order valence-electron chi connectivity index (χ3n) is 3.72. The molecule has 1 aromatic carbocycles. The minimum absolute atomic E-state index is 0.00606. The van der Waals surface area contributed by atoms with E-state index in [2.05, 4.69) is 15.6 Å². The van der Waals surface area contributed by atoms with E-state index < -0.39 is 27.0 Å². The summed E-state index contributed by atoms with van der Waals surface area (Å²) in [7, 11) is -3.64. The van der Waals surface area contributed by atoms with Crippen molar-refractivity contribution in [1.29, 1.82) is 0 Å². The smallest absolute Gasteiger partial charge is 0.315 e. The Morgan fingerprint density at radius 3 is 2.50 bits per heavy atom. The number of ether oxygens (including phenoxy) is 1. The summed E-state index contributed by atoms with van der Waals surface area (Å²) in [6, 6.07) is 5.17. The van der Waals surface area contributed by atoms with Gasteiger partial charge in [0.05, 0.1) is 12.3 Å². The maximum Gasteiger partial charge on any atom is 0.315 e. The van der Waals surface area contributed by atoms with E-state index in [0.29, 0.717) is 18.0 Å². The quantitative estimate of drug-likeness (QED) is 0.524. The summed E-state index contributed by atoms with van der Waals surface area (Å²) < 4.78 is 28.9. The van der Waals surface area contributed by atoms with Crippen molar-refractivity contribution in [3.05, 3.63) is 33.8 Å². The first kappa shape index (κ1) is 24.1. The van der Waals surface area contributed by atoms with Crippen molar-refractivity contribution in [1.82, 2.24) is 4.98 Å². The van der Waals surface area contributed by atoms with E-state index in [1.807, 2.05) is 20.8 Å². The number of carbonyl (C=O) groups excluding carboxylic acids is 2. The van der Waals surface area contributed by atoms with Crippen molar-refractivity contribution in [2.24, 2.45) is 11.7 Å². The minimum atomic E-state index is -3.64. The number of rotatable bonds is 7. The molecule has 1 heterocycles. The fraction of sp³-hybridized carbons (Fsp3) is 0.389. The van der Waals surface area contributed by atoms with Crippen LogP contribution in [0.15, 0.2) is 18.2 Å². The second-order valence-electron chi connectivity index (χ2n) is 7.04. The Balaban J connectivity index is 2.12. The number of carbonyl (C=O) groups is 2. The van der Waals surface area contributed by atoms with Crippen molar-refractivity contribution >= 4 is 55.4 Å². The van der Waals surface area contributed by atoms with E-state index >= 15 is 0 Å². The Hall–Kier alpha value is -2.21. The first-order valence-electron chi connectivity index (χ1n) is 8.85. The first-order valence-corrected chi connectivity index (χ1v) is 12.0. The molecule has 164 valence electrons. The molecule has 4 N–H and O–H groups in total. The number of sulfone groups is 1. The number of anilines is 2. The number of hydrogen-bond donors (Lipinski definition) is 3. The predicted octanol–water partition coefficient (Wildman–Crippen LogP) is 2.72. The molecule has 2 rings (SSSR count). The SMILES string of the molecule is Cc1ccc(NC(=O)C(=O)Nc2nc(C(N)S(C)(=O)=O)c(Cl)s2)c(OCC(C)C)c1. The average molecular weight is 475 g/mol. The lowest BCUT2D eigenvalue weighted by atomic mass is 10.2. The van der Waals surface area contributed by atoms with Crippen LogP contribution in [0.25, 0.3) is 0 Å². The Bertz CT molecular complexity index is 1050. The normalized spacial score (nSPS) is 12.5. The topological polar surface area (TPSA) is 140 Å². The van der Waals surface area contributed by atoms with Gasteiger partial charge in [0.2, 0.25) is 0 Å². The first-order chi connectivity index (χ1) is 13.9. The van der Waals surface area contributed by atoms with Gasteiger partial charge in [-0.25, -0.2) is 13.4 Å². The van der Waals surface area contributed by atoms with Gasteiger partial charge in [-0.2, -0.15) is 0 Å². The molecule has 12 heteroatoms. The molecule has 1 unspecified atom stereocenters. The number of halogens is 1. The molecule has 0 fully saturated rings. The molecular weight excluding hydrogens is 452 g/mol. The van der Waals surface area contributed by atoms with Crippen LogP contribution in [0.1, 0.15) is 30.5 Å². The van der Waals surface area contributed by atoms with Crippen LogP contribution in [0.3, 0.4) is 0 Å². The molecule has 1 atom stereocenters. The molecular formula is C18H23ClN4O5S2. The predicted molar refractivity (Wildman–Crippen MR) is 118 cm³/mol. The standard InChI is InChI=1S/C18H23ClN4O5S2/c1-9(2)8-28-12-7-10(3)5-6-11(12)21-16(24)17(25)23-18-22-13(14(19)29-18)15(20)30(4,26)27/h5-7,9,15H,8,20H2,1-4H3,(H,21,24)(H,22,23,25). The van der Waals surface area contributed by atoms with E-state index in [1.165, 1.54) is 0 Å². The number of nitrogens with two attached hydrogens (primary N) is 1. The van der Waals surface area contributed by atoms with Gasteiger partial charge in [-0.15, -0.1) is 0 Å². The van der Waals surface area contributed by atoms with Crippen LogP contribution in [0.2, 0.25) is 4.34 Å². The third-order valence-corrected chi connectivity index (χ3v) is 6.07. The van der Waals surface area contributed by atoms with Crippen LogP contribution in [0, 0.1) is 12.8 Å². The van der Waals surface area contributed by atoms with Crippen molar-refractivity contribution in [2.75, 3.05) is 23.5 Å². The molecule has 9 nitrogen and oxygen atoms in total. The molecule has 0 radical (unpaired) electrons. The molecule has 1 aromatic heterocycles. The molecule has 0 saturated heterocycles. The molecule has 0 bridgehead atoms. The molecule has 0 spiro atoms. The van der Waals surface area contributed by atoms with Gasteiger partial charge in [0, 0.05) is 6.26 Å². The van der Waals surface area contributed by atoms with Crippen LogP contribution in [-0.4, -0.2) is 38.1 Å². The summed E-state index contributed by atoms with van der Waals surface area (Å²) >= 11 is 6.78. The van der Waals surface area contributed by atoms with Gasteiger partial charge in [0.15, 0.2) is 20.3 Å². The zero-order valence-corrected chi connectivity index (χ0v) is 19.2. The Labute approximate surface area is 183 Å². The van der Waals surface area contributed by atoms with E-state index in [1.54, 1.807) is 18.2 Å². The number of thiazole rings is 1. The number of aromatic nitrogens is 1. The second-order valence-corrected chi connectivity index (χ2v) is 10.8. The van der Waals surface area contributed by atoms with Crippen LogP contribution in [0.5, 0.6) is 5.75 Å². The molecule has 2 amide bonds. The maximum absolute atomic E-state index is 12.3. The molecule has 0 saturated carbocycles. The summed E-state index contributed by atoms with van der Waals surface area (Å²) in [5, 5.41) is 3.31. The van der Waals surface area contributed by atoms with E-state index in [4.69, 9.17) is 22.1 Å². The minimum Gasteiger partial charge on any atom is -0.491 e. The summed E-state index contributed by atoms with van der Waals surface area (Å²) in [5.41, 5.74) is 6.81. The third kappa shape index (κ3) is 6.39. The van der Waals surface area contributed by atoms with Crippen molar-refractivity contribution in [2.45, 2.75) is 26.1 Å². The number of nitrogens with one attached hydrogen (secondary N) is 2. The van der Waals surface area contributed by atoms with E-state index in [9.17, 15) is 18.0 Å². The molecule has 0 aliphatic carbocycles. The number of hydrogen-bond acceptors (Lipinski definition) is 8. The number of benzene rings is 1. The van der Waals surface area contributed by atoms with Gasteiger partial charge in [-0.3, -0.25) is 14.9 Å². The molecule has 30 heavy (non-hydrogen) atoms. The van der Waals surface area contributed by atoms with Gasteiger partial charge in [-0.1, -0.05) is 42.9 Å². The van der Waals surface area contributed by atoms with E-state index in [-0.39, 0.29) is 21.1 Å². The molecule has 2 aromatic rings. The summed E-state index contributed by atoms with van der Waals surface area (Å²) in [4.78, 5) is 28.5. The largest absolute Gasteiger partial charge is 0.491 e. The summed E-state index contributed by atoms with van der Waals surface area (Å²) in [6.07, 6.45) is 0.944. The lowest BCUT2D eigenvalue weighted by Gasteiger charge is -2.14. The fourth-order valence-corrected chi connectivity index (χ4v) is 4.02. The number of nitrogens with zero attached hydrogens (tertiary/aromatic N) is 1. The van der Waals surface area contributed by atoms with Crippen molar-refractivity contribution < 1.29 is 22.7 Å². The van der Waals surface area contributed by atoms with Crippen LogP contribution >= 0.6 is 22.9 Å². The van der Waals surface area contributed by atoms with Crippen LogP contribution < -0.4 is 21.1 Å². The zero-order valence-electron chi connectivity index (χ0n) is 16.9. The fourth-order valence-electron chi connectivity index (χ4n) is 2.19. The second kappa shape index (κ2) is 9.73. The highest BCUT2D eigenvalue weighted by molar-refractivity contribution is 7.90. The van der Waals surface area contributed by atoms with Gasteiger partial charge in [-0.05, 0) is 30.5 Å². The number of amides is 2. The highest BCUT2D eigenvalue weighted by atomic mass is 35.5. The van der Waals surface area contributed by atoms with Crippen LogP contribution in [-0.2, 0) is 19.4 Å². The monoisotopic (exact) mass is 474 g/mol. The lowest BCUT2D eigenvalue weighted by Crippen LogP contribution is -2.29. The van der Waals surface area contributed by atoms with Gasteiger partial charge in [0.1, 0.15) is 15.8 Å². The van der Waals surface area contributed by atoms with Crippen LogP contribution in [0.4, 0.5) is 10.8 Å². The zero-order chi connectivity index (χ0) is 22.6.